The highest BCUT2D eigenvalue weighted by Crippen LogP contribution is 2.06. The summed E-state index contributed by atoms with van der Waals surface area (Å²) in [5.74, 6) is -2.21. The zero-order valence-electron chi connectivity index (χ0n) is 10.2. The molecule has 0 radical (unpaired) electrons. The lowest BCUT2D eigenvalue weighted by Crippen LogP contribution is -2.41. The van der Waals surface area contributed by atoms with Crippen LogP contribution in [0.4, 0.5) is 0 Å². The zero-order chi connectivity index (χ0) is 13.5. The van der Waals surface area contributed by atoms with Crippen molar-refractivity contribution >= 4 is 11.9 Å². The molecule has 0 aromatic heterocycles. The first-order chi connectivity index (χ1) is 8.50. The van der Waals surface area contributed by atoms with Gasteiger partial charge in [0.2, 0.25) is 0 Å². The van der Waals surface area contributed by atoms with Crippen LogP contribution in [0.15, 0.2) is 30.3 Å². The van der Waals surface area contributed by atoms with Gasteiger partial charge in [-0.3, -0.25) is 14.5 Å². The topological polar surface area (TPSA) is 77.8 Å². The average molecular weight is 251 g/mol. The summed E-state index contributed by atoms with van der Waals surface area (Å²) >= 11 is 0. The third kappa shape index (κ3) is 4.55. The first kappa shape index (κ1) is 14.2. The second kappa shape index (κ2) is 6.76. The van der Waals surface area contributed by atoms with Crippen LogP contribution in [0, 0.1) is 0 Å². The van der Waals surface area contributed by atoms with Crippen molar-refractivity contribution in [1.29, 1.82) is 0 Å². The first-order valence-corrected chi connectivity index (χ1v) is 5.69. The van der Waals surface area contributed by atoms with Crippen molar-refractivity contribution in [2.45, 2.75) is 18.9 Å². The molecule has 1 aromatic carbocycles. The molecule has 0 aliphatic carbocycles. The van der Waals surface area contributed by atoms with Crippen molar-refractivity contribution in [2.75, 3.05) is 13.6 Å². The summed E-state index contributed by atoms with van der Waals surface area (Å²) in [6.07, 6.45) is 0.307. The van der Waals surface area contributed by atoms with Crippen LogP contribution in [0.25, 0.3) is 0 Å². The van der Waals surface area contributed by atoms with Crippen LogP contribution >= 0.6 is 0 Å². The minimum absolute atomic E-state index is 0.388. The third-order valence-corrected chi connectivity index (χ3v) is 2.78. The fourth-order valence-electron chi connectivity index (χ4n) is 1.70. The number of rotatable bonds is 7. The summed E-state index contributed by atoms with van der Waals surface area (Å²) in [6.45, 7) is 0.508. The van der Waals surface area contributed by atoms with E-state index >= 15 is 0 Å². The van der Waals surface area contributed by atoms with Gasteiger partial charge in [-0.1, -0.05) is 30.3 Å². The van der Waals surface area contributed by atoms with E-state index < -0.39 is 18.0 Å². The Kier molecular flexibility index (Phi) is 5.32. The van der Waals surface area contributed by atoms with Crippen molar-refractivity contribution in [3.63, 3.8) is 0 Å². The monoisotopic (exact) mass is 251 g/mol. The molecule has 18 heavy (non-hydrogen) atoms. The summed E-state index contributed by atoms with van der Waals surface area (Å²) in [5.41, 5.74) is 1.10. The minimum atomic E-state index is -1.10. The lowest BCUT2D eigenvalue weighted by molar-refractivity contribution is -0.149. The highest BCUT2D eigenvalue weighted by Gasteiger charge is 2.25. The van der Waals surface area contributed by atoms with E-state index in [0.29, 0.717) is 13.0 Å². The molecule has 0 saturated carbocycles. The van der Waals surface area contributed by atoms with Gasteiger partial charge in [0.15, 0.2) is 0 Å². The van der Waals surface area contributed by atoms with Crippen molar-refractivity contribution in [1.82, 2.24) is 4.90 Å². The number of hydrogen-bond acceptors (Lipinski definition) is 3. The molecule has 98 valence electrons. The molecule has 0 fully saturated rings. The number of carbonyl (C=O) groups is 2. The Bertz CT molecular complexity index is 405. The quantitative estimate of drug-likeness (QED) is 0.758. The highest BCUT2D eigenvalue weighted by atomic mass is 16.4. The Labute approximate surface area is 106 Å². The molecule has 0 aliphatic rings. The van der Waals surface area contributed by atoms with Gasteiger partial charge in [0.25, 0.3) is 0 Å². The summed E-state index contributed by atoms with van der Waals surface area (Å²) in [4.78, 5) is 23.1. The lowest BCUT2D eigenvalue weighted by atomic mass is 10.1. The Morgan fingerprint density at radius 3 is 2.33 bits per heavy atom. The second-order valence-electron chi connectivity index (χ2n) is 4.17. The maximum Gasteiger partial charge on any atom is 0.321 e. The standard InChI is InChI=1S/C13H17NO4/c1-14(11(13(17)18)9-12(15)16)8-7-10-5-3-2-4-6-10/h2-6,11H,7-9H2,1H3,(H,15,16)(H,17,18). The van der Waals surface area contributed by atoms with Crippen molar-refractivity contribution < 1.29 is 19.8 Å². The number of carboxylic acids is 2. The molecule has 1 atom stereocenters. The molecule has 5 heteroatoms. The van der Waals surface area contributed by atoms with E-state index in [-0.39, 0.29) is 6.42 Å². The van der Waals surface area contributed by atoms with Gasteiger partial charge in [0.05, 0.1) is 6.42 Å². The molecule has 0 spiro atoms. The van der Waals surface area contributed by atoms with Gasteiger partial charge >= 0.3 is 11.9 Å². The molecule has 0 amide bonds. The fraction of sp³-hybridized carbons (Fsp3) is 0.385. The van der Waals surface area contributed by atoms with Crippen molar-refractivity contribution in [2.24, 2.45) is 0 Å². The smallest absolute Gasteiger partial charge is 0.321 e. The van der Waals surface area contributed by atoms with E-state index in [1.165, 1.54) is 0 Å². The van der Waals surface area contributed by atoms with E-state index in [4.69, 9.17) is 10.2 Å². The van der Waals surface area contributed by atoms with Gasteiger partial charge in [-0.05, 0) is 19.0 Å². The number of hydrogen-bond donors (Lipinski definition) is 2. The number of aliphatic carboxylic acids is 2. The minimum Gasteiger partial charge on any atom is -0.481 e. The molecule has 2 N–H and O–H groups in total. The molecule has 0 bridgehead atoms. The van der Waals surface area contributed by atoms with Gasteiger partial charge in [0, 0.05) is 6.54 Å². The summed E-state index contributed by atoms with van der Waals surface area (Å²) in [6, 6.07) is 8.69. The lowest BCUT2D eigenvalue weighted by Gasteiger charge is -2.23. The van der Waals surface area contributed by atoms with Gasteiger partial charge in [-0.25, -0.2) is 0 Å². The van der Waals surface area contributed by atoms with Gasteiger partial charge in [0.1, 0.15) is 6.04 Å². The normalized spacial score (nSPS) is 12.3. The van der Waals surface area contributed by atoms with E-state index in [1.807, 2.05) is 30.3 Å². The zero-order valence-corrected chi connectivity index (χ0v) is 10.2. The molecular formula is C13H17NO4. The predicted molar refractivity (Wildman–Crippen MR) is 66.5 cm³/mol. The number of likely N-dealkylation sites (N-methyl/N-ethyl adjacent to an activating group) is 1. The van der Waals surface area contributed by atoms with E-state index in [2.05, 4.69) is 0 Å². The van der Waals surface area contributed by atoms with Crippen LogP contribution < -0.4 is 0 Å². The average Bonchev–Trinajstić information content (AvgIpc) is 2.34. The molecule has 0 aliphatic heterocycles. The van der Waals surface area contributed by atoms with Gasteiger partial charge in [-0.15, -0.1) is 0 Å². The number of benzene rings is 1. The summed E-state index contributed by atoms with van der Waals surface area (Å²) in [5, 5.41) is 17.7. The molecular weight excluding hydrogens is 234 g/mol. The molecule has 5 nitrogen and oxygen atoms in total. The molecule has 0 saturated heterocycles. The highest BCUT2D eigenvalue weighted by molar-refractivity contribution is 5.80. The molecule has 1 rings (SSSR count). The molecule has 1 aromatic rings. The summed E-state index contributed by atoms with van der Waals surface area (Å²) in [7, 11) is 1.63. The largest absolute Gasteiger partial charge is 0.481 e. The van der Waals surface area contributed by atoms with Crippen LogP contribution in [0.2, 0.25) is 0 Å². The van der Waals surface area contributed by atoms with Crippen molar-refractivity contribution in [3.8, 4) is 0 Å². The maximum atomic E-state index is 11.0. The maximum absolute atomic E-state index is 11.0. The van der Waals surface area contributed by atoms with Crippen LogP contribution in [-0.2, 0) is 16.0 Å². The van der Waals surface area contributed by atoms with E-state index in [9.17, 15) is 9.59 Å². The molecule has 1 unspecified atom stereocenters. The van der Waals surface area contributed by atoms with Gasteiger partial charge in [-0.2, -0.15) is 0 Å². The Hall–Kier alpha value is -1.88. The Balaban J connectivity index is 2.54. The van der Waals surface area contributed by atoms with Crippen LogP contribution in [0.1, 0.15) is 12.0 Å². The van der Waals surface area contributed by atoms with E-state index in [1.54, 1.807) is 11.9 Å². The van der Waals surface area contributed by atoms with Gasteiger partial charge < -0.3 is 10.2 Å². The van der Waals surface area contributed by atoms with Crippen LogP contribution in [0.3, 0.4) is 0 Å². The SMILES string of the molecule is CN(CCc1ccccc1)C(CC(=O)O)C(=O)O. The van der Waals surface area contributed by atoms with Crippen LogP contribution in [0.5, 0.6) is 0 Å². The Morgan fingerprint density at radius 2 is 1.83 bits per heavy atom. The predicted octanol–water partition coefficient (Wildman–Crippen LogP) is 1.09. The second-order valence-corrected chi connectivity index (χ2v) is 4.17. The van der Waals surface area contributed by atoms with Crippen molar-refractivity contribution in [3.05, 3.63) is 35.9 Å². The summed E-state index contributed by atoms with van der Waals surface area (Å²) < 4.78 is 0. The first-order valence-electron chi connectivity index (χ1n) is 5.69. The van der Waals surface area contributed by atoms with E-state index in [0.717, 1.165) is 5.56 Å². The number of nitrogens with zero attached hydrogens (tertiary/aromatic N) is 1. The fourth-order valence-corrected chi connectivity index (χ4v) is 1.70. The third-order valence-electron chi connectivity index (χ3n) is 2.78. The molecule has 0 heterocycles. The Morgan fingerprint density at radius 1 is 1.22 bits per heavy atom. The van der Waals surface area contributed by atoms with Crippen LogP contribution in [-0.4, -0.2) is 46.7 Å². The number of carboxylic acid groups (broad SMARTS) is 2.